The fourth-order valence-corrected chi connectivity index (χ4v) is 1.69. The van der Waals surface area contributed by atoms with Crippen LogP contribution in [0.15, 0.2) is 0 Å². The Labute approximate surface area is 156 Å². The molecule has 0 rings (SSSR count). The molecule has 0 saturated carbocycles. The number of hydrogen-bond donors (Lipinski definition) is 1. The van der Waals surface area contributed by atoms with Crippen LogP contribution in [0.25, 0.3) is 0 Å². The summed E-state index contributed by atoms with van der Waals surface area (Å²) in [6.07, 6.45) is -10.8. The van der Waals surface area contributed by atoms with Crippen LogP contribution in [-0.2, 0) is 0 Å². The third-order valence-electron chi connectivity index (χ3n) is 3.61. The van der Waals surface area contributed by atoms with Gasteiger partial charge in [-0.1, -0.05) is 0 Å². The SMILES string of the molecule is OCCC(F)(F)C(F)(F)C(F)(F)C(F)(F)C(F)(F)C(F)(F)C(F)(F)C(F)(F)C(F)(F)F. The lowest BCUT2D eigenvalue weighted by molar-refractivity contribution is -0.468. The first-order valence-electron chi connectivity index (χ1n) is 6.76. The van der Waals surface area contributed by atoms with Gasteiger partial charge in [0.25, 0.3) is 0 Å². The lowest BCUT2D eigenvalue weighted by Gasteiger charge is -2.43. The maximum absolute atomic E-state index is 13.2. The second-order valence-corrected chi connectivity index (χ2v) is 5.70. The van der Waals surface area contributed by atoms with E-state index in [9.17, 15) is 83.4 Å². The fourth-order valence-electron chi connectivity index (χ4n) is 1.69. The van der Waals surface area contributed by atoms with Crippen LogP contribution >= 0.6 is 0 Å². The lowest BCUT2D eigenvalue weighted by Crippen LogP contribution is -2.75. The van der Waals surface area contributed by atoms with Gasteiger partial charge in [-0.05, 0) is 0 Å². The summed E-state index contributed by atoms with van der Waals surface area (Å²) in [6.45, 7) is -2.24. The molecule has 31 heavy (non-hydrogen) atoms. The molecule has 0 heterocycles. The zero-order chi connectivity index (χ0) is 25.9. The van der Waals surface area contributed by atoms with Crippen molar-refractivity contribution >= 4 is 0 Å². The Bertz CT molecular complexity index is 644. The molecule has 0 aromatic rings. The Hall–Kier alpha value is -1.37. The maximum atomic E-state index is 13.2. The summed E-state index contributed by atoms with van der Waals surface area (Å²) in [5.41, 5.74) is 0. The molecule has 0 aromatic heterocycles. The summed E-state index contributed by atoms with van der Waals surface area (Å²) in [6, 6.07) is 0. The van der Waals surface area contributed by atoms with Crippen LogP contribution in [0.1, 0.15) is 6.42 Å². The molecule has 0 aliphatic heterocycles. The number of aliphatic hydroxyl groups is 1. The standard InChI is InChI=1S/C11H5F19O/c12-3(13,1-2-31)4(14,15)5(16,17)6(18,19)7(20,21)8(22,23)9(24,25)10(26,27)11(28,29)30/h31H,1-2H2. The van der Waals surface area contributed by atoms with Gasteiger partial charge in [0.2, 0.25) is 0 Å². The topological polar surface area (TPSA) is 20.2 Å². The van der Waals surface area contributed by atoms with Crippen molar-refractivity contribution in [2.75, 3.05) is 6.61 Å². The van der Waals surface area contributed by atoms with Crippen molar-refractivity contribution in [1.82, 2.24) is 0 Å². The summed E-state index contributed by atoms with van der Waals surface area (Å²) in [5.74, 6) is -66.6. The molecule has 0 amide bonds. The summed E-state index contributed by atoms with van der Waals surface area (Å²) >= 11 is 0. The van der Waals surface area contributed by atoms with E-state index in [-0.39, 0.29) is 0 Å². The summed E-state index contributed by atoms with van der Waals surface area (Å²) in [5, 5.41) is 7.99. The van der Waals surface area contributed by atoms with E-state index in [0.717, 1.165) is 0 Å². The van der Waals surface area contributed by atoms with E-state index in [4.69, 9.17) is 5.11 Å². The van der Waals surface area contributed by atoms with Gasteiger partial charge in [0.15, 0.2) is 0 Å². The monoisotopic (exact) mass is 514 g/mol. The molecule has 188 valence electrons. The Morgan fingerprint density at radius 2 is 0.581 bits per heavy atom. The fraction of sp³-hybridized carbons (Fsp3) is 1.00. The number of alkyl halides is 19. The average molecular weight is 514 g/mol. The molecule has 0 bridgehead atoms. The highest BCUT2D eigenvalue weighted by Gasteiger charge is 2.96. The van der Waals surface area contributed by atoms with Crippen LogP contribution in [0.5, 0.6) is 0 Å². The molecule has 0 atom stereocenters. The Kier molecular flexibility index (Phi) is 7.00. The minimum Gasteiger partial charge on any atom is -0.396 e. The van der Waals surface area contributed by atoms with Crippen LogP contribution in [0.2, 0.25) is 0 Å². The highest BCUT2D eigenvalue weighted by Crippen LogP contribution is 2.65. The van der Waals surface area contributed by atoms with Crippen molar-refractivity contribution in [3.8, 4) is 0 Å². The van der Waals surface area contributed by atoms with Crippen molar-refractivity contribution in [2.45, 2.75) is 60.0 Å². The Morgan fingerprint density at radius 3 is 0.806 bits per heavy atom. The smallest absolute Gasteiger partial charge is 0.396 e. The van der Waals surface area contributed by atoms with E-state index in [0.29, 0.717) is 0 Å². The molecule has 0 radical (unpaired) electrons. The van der Waals surface area contributed by atoms with Gasteiger partial charge in [-0.15, -0.1) is 0 Å². The number of rotatable bonds is 9. The van der Waals surface area contributed by atoms with E-state index >= 15 is 0 Å². The van der Waals surface area contributed by atoms with Crippen LogP contribution in [0.3, 0.4) is 0 Å². The van der Waals surface area contributed by atoms with E-state index < -0.39 is 66.6 Å². The lowest BCUT2D eigenvalue weighted by atomic mass is 9.87. The first-order chi connectivity index (χ1) is 13.1. The zero-order valence-electron chi connectivity index (χ0n) is 13.5. The van der Waals surface area contributed by atoms with Gasteiger partial charge in [0.05, 0.1) is 0 Å². The number of halogens is 19. The summed E-state index contributed by atoms with van der Waals surface area (Å²) < 4.78 is 244. The van der Waals surface area contributed by atoms with E-state index in [1.807, 2.05) is 0 Å². The molecule has 0 spiro atoms. The van der Waals surface area contributed by atoms with Crippen LogP contribution < -0.4 is 0 Å². The highest BCUT2D eigenvalue weighted by molar-refractivity contribution is 5.16. The third-order valence-corrected chi connectivity index (χ3v) is 3.61. The predicted molar refractivity (Wildman–Crippen MR) is 57.3 cm³/mol. The molecule has 0 unspecified atom stereocenters. The first-order valence-corrected chi connectivity index (χ1v) is 6.76. The van der Waals surface area contributed by atoms with Gasteiger partial charge in [-0.2, -0.15) is 83.4 Å². The second-order valence-electron chi connectivity index (χ2n) is 5.70. The van der Waals surface area contributed by atoms with Crippen molar-refractivity contribution in [3.05, 3.63) is 0 Å². The van der Waals surface area contributed by atoms with Crippen molar-refractivity contribution in [2.24, 2.45) is 0 Å². The molecule has 0 aliphatic carbocycles. The Balaban J connectivity index is 6.84. The van der Waals surface area contributed by atoms with Crippen LogP contribution in [0, 0.1) is 0 Å². The summed E-state index contributed by atoms with van der Waals surface area (Å²) in [7, 11) is 0. The highest BCUT2D eigenvalue weighted by atomic mass is 19.4. The van der Waals surface area contributed by atoms with E-state index in [1.54, 1.807) is 0 Å². The second kappa shape index (κ2) is 7.32. The van der Waals surface area contributed by atoms with Gasteiger partial charge in [0, 0.05) is 13.0 Å². The molecule has 0 aliphatic rings. The van der Waals surface area contributed by atoms with Gasteiger partial charge < -0.3 is 5.11 Å². The quantitative estimate of drug-likeness (QED) is 0.374. The normalized spacial score (nSPS) is 16.6. The number of hydrogen-bond acceptors (Lipinski definition) is 1. The van der Waals surface area contributed by atoms with E-state index in [2.05, 4.69) is 0 Å². The Morgan fingerprint density at radius 1 is 0.355 bits per heavy atom. The molecule has 0 aromatic carbocycles. The molecular formula is C11H5F19O. The van der Waals surface area contributed by atoms with Crippen LogP contribution in [0.4, 0.5) is 83.4 Å². The van der Waals surface area contributed by atoms with Gasteiger partial charge in [-0.25, -0.2) is 0 Å². The van der Waals surface area contributed by atoms with Crippen molar-refractivity contribution < 1.29 is 88.5 Å². The molecular weight excluding hydrogens is 509 g/mol. The maximum Gasteiger partial charge on any atom is 0.460 e. The third kappa shape index (κ3) is 3.65. The predicted octanol–water partition coefficient (Wildman–Crippen LogP) is 6.01. The van der Waals surface area contributed by atoms with Crippen LogP contribution in [-0.4, -0.2) is 65.3 Å². The van der Waals surface area contributed by atoms with Crippen molar-refractivity contribution in [3.63, 3.8) is 0 Å². The zero-order valence-corrected chi connectivity index (χ0v) is 13.5. The molecule has 1 nitrogen and oxygen atoms in total. The molecule has 20 heteroatoms. The first kappa shape index (κ1) is 29.6. The summed E-state index contributed by atoms with van der Waals surface area (Å²) in [4.78, 5) is 0. The molecule has 0 saturated heterocycles. The van der Waals surface area contributed by atoms with Gasteiger partial charge >= 0.3 is 53.6 Å². The van der Waals surface area contributed by atoms with E-state index in [1.165, 1.54) is 0 Å². The minimum atomic E-state index is -8.92. The van der Waals surface area contributed by atoms with Gasteiger partial charge in [0.1, 0.15) is 0 Å². The van der Waals surface area contributed by atoms with Crippen molar-refractivity contribution in [1.29, 1.82) is 0 Å². The largest absolute Gasteiger partial charge is 0.460 e. The minimum absolute atomic E-state index is 2.24. The molecule has 0 fully saturated rings. The van der Waals surface area contributed by atoms with Gasteiger partial charge in [-0.3, -0.25) is 0 Å². The molecule has 1 N–H and O–H groups in total. The number of aliphatic hydroxyl groups excluding tert-OH is 1. The average Bonchev–Trinajstić information content (AvgIpc) is 2.52.